The van der Waals surface area contributed by atoms with E-state index in [4.69, 9.17) is 9.47 Å². The predicted octanol–water partition coefficient (Wildman–Crippen LogP) is 4.26. The largest absolute Gasteiger partial charge is 0.492 e. The van der Waals surface area contributed by atoms with Crippen LogP contribution < -0.4 is 9.47 Å². The van der Waals surface area contributed by atoms with Gasteiger partial charge < -0.3 is 14.4 Å². The summed E-state index contributed by atoms with van der Waals surface area (Å²) in [6.45, 7) is 8.01. The Morgan fingerprint density at radius 1 is 0.917 bits per heavy atom. The second-order valence-electron chi connectivity index (χ2n) is 5.38. The first kappa shape index (κ1) is 18.2. The summed E-state index contributed by atoms with van der Waals surface area (Å²) < 4.78 is 37.4. The van der Waals surface area contributed by atoms with Gasteiger partial charge in [0.25, 0.3) is 0 Å². The topological polar surface area (TPSA) is 21.7 Å². The summed E-state index contributed by atoms with van der Waals surface area (Å²) in [4.78, 5) is 2.29. The summed E-state index contributed by atoms with van der Waals surface area (Å²) in [6, 6.07) is 10.7. The maximum absolute atomic E-state index is 13.5. The smallest absolute Gasteiger partial charge is 0.167 e. The Morgan fingerprint density at radius 3 is 2.25 bits per heavy atom. The van der Waals surface area contributed by atoms with Crippen LogP contribution in [-0.4, -0.2) is 31.1 Å². The Kier molecular flexibility index (Phi) is 7.00. The van der Waals surface area contributed by atoms with Crippen molar-refractivity contribution in [1.29, 1.82) is 0 Å². The first-order valence-electron chi connectivity index (χ1n) is 8.14. The number of hydrogen-bond acceptors (Lipinski definition) is 3. The molecule has 0 unspecified atom stereocenters. The van der Waals surface area contributed by atoms with E-state index in [1.807, 2.05) is 24.3 Å². The van der Waals surface area contributed by atoms with Crippen molar-refractivity contribution in [3.8, 4) is 11.5 Å². The van der Waals surface area contributed by atoms with Gasteiger partial charge >= 0.3 is 0 Å². The zero-order valence-electron chi connectivity index (χ0n) is 14.1. The fourth-order valence-corrected chi connectivity index (χ4v) is 2.27. The monoisotopic (exact) mass is 335 g/mol. The highest BCUT2D eigenvalue weighted by Crippen LogP contribution is 2.20. The number of likely N-dealkylation sites (N-methyl/N-ethyl adjacent to an activating group) is 1. The number of nitrogens with zero attached hydrogens (tertiary/aromatic N) is 1. The average molecular weight is 335 g/mol. The molecule has 2 rings (SSSR count). The summed E-state index contributed by atoms with van der Waals surface area (Å²) in [5.41, 5.74) is 0.884. The van der Waals surface area contributed by atoms with Crippen LogP contribution in [0.5, 0.6) is 11.5 Å². The van der Waals surface area contributed by atoms with Crippen molar-refractivity contribution < 1.29 is 18.3 Å². The number of rotatable bonds is 9. The highest BCUT2D eigenvalue weighted by atomic mass is 19.1. The third kappa shape index (κ3) is 5.49. The molecule has 0 spiro atoms. The zero-order chi connectivity index (χ0) is 17.4. The Labute approximate surface area is 141 Å². The molecule has 0 atom stereocenters. The van der Waals surface area contributed by atoms with Gasteiger partial charge in [-0.1, -0.05) is 26.0 Å². The van der Waals surface area contributed by atoms with E-state index in [9.17, 15) is 8.78 Å². The number of benzene rings is 2. The average Bonchev–Trinajstić information content (AvgIpc) is 2.59. The molecule has 0 aliphatic rings. The van der Waals surface area contributed by atoms with Crippen LogP contribution in [0.2, 0.25) is 0 Å². The molecule has 0 saturated carbocycles. The maximum atomic E-state index is 13.5. The van der Waals surface area contributed by atoms with Crippen molar-refractivity contribution in [3.05, 3.63) is 59.7 Å². The van der Waals surface area contributed by atoms with Crippen molar-refractivity contribution in [1.82, 2.24) is 4.90 Å². The standard InChI is InChI=1S/C19H23F2NO2/c1-3-22(4-2)11-12-23-17-8-5-15(6-9-17)14-24-19-10-7-16(20)13-18(19)21/h5-10,13H,3-4,11-12,14H2,1-2H3. The van der Waals surface area contributed by atoms with Gasteiger partial charge in [0.2, 0.25) is 0 Å². The van der Waals surface area contributed by atoms with Crippen molar-refractivity contribution in [2.75, 3.05) is 26.2 Å². The number of halogens is 2. The van der Waals surface area contributed by atoms with Crippen LogP contribution in [-0.2, 0) is 6.61 Å². The highest BCUT2D eigenvalue weighted by molar-refractivity contribution is 5.28. The van der Waals surface area contributed by atoms with E-state index < -0.39 is 11.6 Å². The second-order valence-corrected chi connectivity index (χ2v) is 5.38. The molecule has 5 heteroatoms. The van der Waals surface area contributed by atoms with Crippen LogP contribution in [0.25, 0.3) is 0 Å². The van der Waals surface area contributed by atoms with E-state index in [2.05, 4.69) is 18.7 Å². The summed E-state index contributed by atoms with van der Waals surface area (Å²) in [7, 11) is 0. The van der Waals surface area contributed by atoms with Crippen LogP contribution in [0.1, 0.15) is 19.4 Å². The molecule has 0 N–H and O–H groups in total. The first-order valence-corrected chi connectivity index (χ1v) is 8.14. The number of ether oxygens (including phenoxy) is 2. The van der Waals surface area contributed by atoms with Gasteiger partial charge in [0.1, 0.15) is 24.8 Å². The van der Waals surface area contributed by atoms with Crippen LogP contribution in [0.3, 0.4) is 0 Å². The van der Waals surface area contributed by atoms with E-state index in [1.165, 1.54) is 12.1 Å². The fraction of sp³-hybridized carbons (Fsp3) is 0.368. The summed E-state index contributed by atoms with van der Waals surface area (Å²) in [5, 5.41) is 0. The molecule has 24 heavy (non-hydrogen) atoms. The third-order valence-electron chi connectivity index (χ3n) is 3.78. The molecular formula is C19H23F2NO2. The van der Waals surface area contributed by atoms with Crippen LogP contribution in [0.15, 0.2) is 42.5 Å². The third-order valence-corrected chi connectivity index (χ3v) is 3.78. The first-order chi connectivity index (χ1) is 11.6. The minimum atomic E-state index is -0.702. The second kappa shape index (κ2) is 9.23. The van der Waals surface area contributed by atoms with Gasteiger partial charge in [0.05, 0.1) is 0 Å². The molecule has 2 aromatic rings. The lowest BCUT2D eigenvalue weighted by Gasteiger charge is -2.18. The van der Waals surface area contributed by atoms with E-state index in [1.54, 1.807) is 0 Å². The minimum absolute atomic E-state index is 0.0379. The van der Waals surface area contributed by atoms with Gasteiger partial charge in [-0.3, -0.25) is 0 Å². The van der Waals surface area contributed by atoms with Crippen LogP contribution >= 0.6 is 0 Å². The van der Waals surface area contributed by atoms with E-state index in [0.29, 0.717) is 6.61 Å². The van der Waals surface area contributed by atoms with Crippen molar-refractivity contribution in [2.45, 2.75) is 20.5 Å². The van der Waals surface area contributed by atoms with Gasteiger partial charge in [0, 0.05) is 12.6 Å². The van der Waals surface area contributed by atoms with Gasteiger partial charge in [-0.25, -0.2) is 8.78 Å². The minimum Gasteiger partial charge on any atom is -0.492 e. The van der Waals surface area contributed by atoms with Gasteiger partial charge in [-0.2, -0.15) is 0 Å². The molecule has 0 heterocycles. The predicted molar refractivity (Wildman–Crippen MR) is 90.4 cm³/mol. The lowest BCUT2D eigenvalue weighted by Crippen LogP contribution is -2.27. The molecule has 130 valence electrons. The van der Waals surface area contributed by atoms with Crippen LogP contribution in [0.4, 0.5) is 8.78 Å². The molecule has 0 radical (unpaired) electrons. The molecule has 0 aliphatic heterocycles. The van der Waals surface area contributed by atoms with Gasteiger partial charge in [-0.15, -0.1) is 0 Å². The maximum Gasteiger partial charge on any atom is 0.167 e. The van der Waals surface area contributed by atoms with Gasteiger partial charge in [-0.05, 0) is 42.9 Å². The van der Waals surface area contributed by atoms with Gasteiger partial charge in [0.15, 0.2) is 11.6 Å². The van der Waals surface area contributed by atoms with E-state index in [-0.39, 0.29) is 12.4 Å². The molecule has 0 aliphatic carbocycles. The quantitative estimate of drug-likeness (QED) is 0.683. The normalized spacial score (nSPS) is 10.9. The molecule has 3 nitrogen and oxygen atoms in total. The molecule has 0 bridgehead atoms. The Balaban J connectivity index is 1.81. The number of hydrogen-bond donors (Lipinski definition) is 0. The fourth-order valence-electron chi connectivity index (χ4n) is 2.27. The van der Waals surface area contributed by atoms with Crippen LogP contribution in [0, 0.1) is 11.6 Å². The SMILES string of the molecule is CCN(CC)CCOc1ccc(COc2ccc(F)cc2F)cc1. The molecule has 0 aromatic heterocycles. The lowest BCUT2D eigenvalue weighted by atomic mass is 10.2. The molecule has 2 aromatic carbocycles. The molecule has 0 fully saturated rings. The Bertz CT molecular complexity index is 628. The lowest BCUT2D eigenvalue weighted by molar-refractivity contribution is 0.222. The van der Waals surface area contributed by atoms with Crippen molar-refractivity contribution in [2.24, 2.45) is 0 Å². The summed E-state index contributed by atoms with van der Waals surface area (Å²) >= 11 is 0. The summed E-state index contributed by atoms with van der Waals surface area (Å²) in [6.07, 6.45) is 0. The Hall–Kier alpha value is -2.14. The van der Waals surface area contributed by atoms with Crippen molar-refractivity contribution in [3.63, 3.8) is 0 Å². The zero-order valence-corrected chi connectivity index (χ0v) is 14.1. The van der Waals surface area contributed by atoms with Crippen molar-refractivity contribution >= 4 is 0 Å². The summed E-state index contributed by atoms with van der Waals surface area (Å²) in [5.74, 6) is -0.493. The molecule has 0 amide bonds. The van der Waals surface area contributed by atoms with E-state index >= 15 is 0 Å². The Morgan fingerprint density at radius 2 is 1.62 bits per heavy atom. The molecular weight excluding hydrogens is 312 g/mol. The van der Waals surface area contributed by atoms with E-state index in [0.717, 1.165) is 37.0 Å². The highest BCUT2D eigenvalue weighted by Gasteiger charge is 2.05. The molecule has 0 saturated heterocycles.